The van der Waals surface area contributed by atoms with Crippen molar-refractivity contribution >= 4 is 33.3 Å². The third-order valence-corrected chi connectivity index (χ3v) is 2.55. The van der Waals surface area contributed by atoms with Crippen LogP contribution in [-0.2, 0) is 4.79 Å². The van der Waals surface area contributed by atoms with Crippen LogP contribution in [0.3, 0.4) is 0 Å². The summed E-state index contributed by atoms with van der Waals surface area (Å²) in [6, 6.07) is -0.426. The average molecular weight is 304 g/mol. The monoisotopic (exact) mass is 303 g/mol. The molecule has 8 heteroatoms. The van der Waals surface area contributed by atoms with E-state index in [0.29, 0.717) is 4.47 Å². The van der Waals surface area contributed by atoms with Gasteiger partial charge in [-0.05, 0) is 22.9 Å². The quantitative estimate of drug-likeness (QED) is 0.637. The summed E-state index contributed by atoms with van der Waals surface area (Å²) in [7, 11) is 0. The summed E-state index contributed by atoms with van der Waals surface area (Å²) in [5, 5.41) is 22.2. The summed E-state index contributed by atoms with van der Waals surface area (Å²) in [6.45, 7) is 1.63. The van der Waals surface area contributed by atoms with Crippen LogP contribution in [-0.4, -0.2) is 27.0 Å². The third kappa shape index (κ3) is 3.66. The molecule has 2 N–H and O–H groups in total. The number of aromatic nitrogens is 1. The fourth-order valence-electron chi connectivity index (χ4n) is 1.27. The SMILES string of the molecule is CC(CC(=O)O)Nc1c(Br)cncc1[N+](=O)[O-]. The lowest BCUT2D eigenvalue weighted by Crippen LogP contribution is -2.20. The molecule has 0 saturated carbocycles. The maximum absolute atomic E-state index is 10.8. The van der Waals surface area contributed by atoms with E-state index < -0.39 is 16.9 Å². The Kier molecular flexibility index (Phi) is 4.38. The van der Waals surface area contributed by atoms with Gasteiger partial charge in [-0.25, -0.2) is 0 Å². The van der Waals surface area contributed by atoms with Gasteiger partial charge in [0.05, 0.1) is 15.8 Å². The Bertz CT molecular complexity index is 452. The van der Waals surface area contributed by atoms with E-state index in [1.165, 1.54) is 6.20 Å². The molecule has 1 atom stereocenters. The maximum atomic E-state index is 10.8. The van der Waals surface area contributed by atoms with Gasteiger partial charge in [-0.2, -0.15) is 0 Å². The largest absolute Gasteiger partial charge is 0.481 e. The van der Waals surface area contributed by atoms with Crippen LogP contribution in [0.25, 0.3) is 0 Å². The molecule has 1 rings (SSSR count). The van der Waals surface area contributed by atoms with Gasteiger partial charge in [-0.15, -0.1) is 0 Å². The van der Waals surface area contributed by atoms with E-state index in [0.717, 1.165) is 6.20 Å². The average Bonchev–Trinajstić information content (AvgIpc) is 2.19. The lowest BCUT2D eigenvalue weighted by Gasteiger charge is -2.14. The zero-order chi connectivity index (χ0) is 13.0. The summed E-state index contributed by atoms with van der Waals surface area (Å²) in [4.78, 5) is 24.4. The number of aliphatic carboxylic acids is 1. The molecule has 0 aliphatic rings. The number of hydrogen-bond donors (Lipinski definition) is 2. The zero-order valence-electron chi connectivity index (χ0n) is 8.88. The first-order chi connectivity index (χ1) is 7.91. The van der Waals surface area contributed by atoms with Crippen LogP contribution >= 0.6 is 15.9 Å². The van der Waals surface area contributed by atoms with Crippen molar-refractivity contribution < 1.29 is 14.8 Å². The number of hydrogen-bond acceptors (Lipinski definition) is 5. The van der Waals surface area contributed by atoms with Crippen molar-refractivity contribution in [2.75, 3.05) is 5.32 Å². The Morgan fingerprint density at radius 2 is 2.35 bits per heavy atom. The number of anilines is 1. The fourth-order valence-corrected chi connectivity index (χ4v) is 1.70. The van der Waals surface area contributed by atoms with Gasteiger partial charge in [0.2, 0.25) is 0 Å². The molecule has 0 saturated heterocycles. The molecule has 1 aromatic rings. The second-order valence-corrected chi connectivity index (χ2v) is 4.27. The topological polar surface area (TPSA) is 105 Å². The molecule has 1 unspecified atom stereocenters. The van der Waals surface area contributed by atoms with Crippen LogP contribution in [0, 0.1) is 10.1 Å². The van der Waals surface area contributed by atoms with Crippen molar-refractivity contribution in [1.82, 2.24) is 4.98 Å². The molecule has 0 radical (unpaired) electrons. The molecule has 0 bridgehead atoms. The number of halogens is 1. The normalized spacial score (nSPS) is 11.9. The summed E-state index contributed by atoms with van der Waals surface area (Å²) in [5.74, 6) is -0.974. The van der Waals surface area contributed by atoms with Crippen molar-refractivity contribution in [2.45, 2.75) is 19.4 Å². The molecule has 0 aliphatic carbocycles. The Morgan fingerprint density at radius 3 is 2.88 bits per heavy atom. The molecule has 92 valence electrons. The number of carboxylic acids is 1. The van der Waals surface area contributed by atoms with E-state index in [4.69, 9.17) is 5.11 Å². The van der Waals surface area contributed by atoms with Crippen molar-refractivity contribution in [3.8, 4) is 0 Å². The molecule has 17 heavy (non-hydrogen) atoms. The number of nitro groups is 1. The van der Waals surface area contributed by atoms with Crippen molar-refractivity contribution in [3.05, 3.63) is 27.0 Å². The minimum absolute atomic E-state index is 0.133. The molecule has 7 nitrogen and oxygen atoms in total. The zero-order valence-corrected chi connectivity index (χ0v) is 10.5. The molecule has 0 aromatic carbocycles. The Balaban J connectivity index is 2.96. The maximum Gasteiger partial charge on any atom is 0.311 e. The summed E-state index contributed by atoms with van der Waals surface area (Å²) in [6.07, 6.45) is 2.38. The van der Waals surface area contributed by atoms with Crippen molar-refractivity contribution in [3.63, 3.8) is 0 Å². The smallest absolute Gasteiger partial charge is 0.311 e. The molecule has 1 heterocycles. The number of pyridine rings is 1. The standard InChI is InChI=1S/C9H10BrN3O4/c1-5(2-8(14)15)12-9-6(10)3-11-4-7(9)13(16)17/h3-5H,2H2,1H3,(H,11,12)(H,14,15). The van der Waals surface area contributed by atoms with E-state index in [-0.39, 0.29) is 17.8 Å². The Morgan fingerprint density at radius 1 is 1.71 bits per heavy atom. The van der Waals surface area contributed by atoms with Gasteiger partial charge >= 0.3 is 11.7 Å². The Labute approximate surface area is 105 Å². The van der Waals surface area contributed by atoms with Gasteiger partial charge in [0.15, 0.2) is 0 Å². The van der Waals surface area contributed by atoms with E-state index >= 15 is 0 Å². The molecule has 0 spiro atoms. The highest BCUT2D eigenvalue weighted by Gasteiger charge is 2.19. The second kappa shape index (κ2) is 5.58. The van der Waals surface area contributed by atoms with Gasteiger partial charge in [0, 0.05) is 12.2 Å². The molecular formula is C9H10BrN3O4. The van der Waals surface area contributed by atoms with Gasteiger partial charge in [-0.3, -0.25) is 19.9 Å². The predicted octanol–water partition coefficient (Wildman–Crippen LogP) is 2.03. The first kappa shape index (κ1) is 13.4. The lowest BCUT2D eigenvalue weighted by molar-refractivity contribution is -0.384. The lowest BCUT2D eigenvalue weighted by atomic mass is 10.2. The Hall–Kier alpha value is -1.70. The molecule has 0 aliphatic heterocycles. The van der Waals surface area contributed by atoms with Crippen molar-refractivity contribution in [2.24, 2.45) is 0 Å². The molecule has 0 amide bonds. The molecule has 0 fully saturated rings. The summed E-state index contributed by atoms with van der Waals surface area (Å²) >= 11 is 3.13. The second-order valence-electron chi connectivity index (χ2n) is 3.42. The highest BCUT2D eigenvalue weighted by molar-refractivity contribution is 9.10. The van der Waals surface area contributed by atoms with Crippen LogP contribution < -0.4 is 5.32 Å². The highest BCUT2D eigenvalue weighted by atomic mass is 79.9. The third-order valence-electron chi connectivity index (χ3n) is 1.95. The van der Waals surface area contributed by atoms with Gasteiger partial charge in [-0.1, -0.05) is 0 Å². The van der Waals surface area contributed by atoms with Crippen LogP contribution in [0.15, 0.2) is 16.9 Å². The van der Waals surface area contributed by atoms with E-state index in [9.17, 15) is 14.9 Å². The number of rotatable bonds is 5. The number of nitrogens with one attached hydrogen (secondary N) is 1. The summed E-state index contributed by atoms with van der Waals surface area (Å²) < 4.78 is 0.420. The van der Waals surface area contributed by atoms with Gasteiger partial charge < -0.3 is 10.4 Å². The van der Waals surface area contributed by atoms with Crippen molar-refractivity contribution in [1.29, 1.82) is 0 Å². The van der Waals surface area contributed by atoms with E-state index in [2.05, 4.69) is 26.2 Å². The number of carboxylic acid groups (broad SMARTS) is 1. The van der Waals surface area contributed by atoms with E-state index in [1.807, 2.05) is 0 Å². The van der Waals surface area contributed by atoms with Crippen LogP contribution in [0.5, 0.6) is 0 Å². The number of carbonyl (C=O) groups is 1. The molecule has 1 aromatic heterocycles. The van der Waals surface area contributed by atoms with Crippen LogP contribution in [0.4, 0.5) is 11.4 Å². The predicted molar refractivity (Wildman–Crippen MR) is 63.9 cm³/mol. The first-order valence-corrected chi connectivity index (χ1v) is 5.47. The minimum Gasteiger partial charge on any atom is -0.481 e. The van der Waals surface area contributed by atoms with E-state index in [1.54, 1.807) is 6.92 Å². The fraction of sp³-hybridized carbons (Fsp3) is 0.333. The minimum atomic E-state index is -0.974. The van der Waals surface area contributed by atoms with Gasteiger partial charge in [0.1, 0.15) is 11.9 Å². The van der Waals surface area contributed by atoms with Crippen LogP contribution in [0.2, 0.25) is 0 Å². The number of nitrogens with zero attached hydrogens (tertiary/aromatic N) is 2. The van der Waals surface area contributed by atoms with Gasteiger partial charge in [0.25, 0.3) is 0 Å². The summed E-state index contributed by atoms with van der Waals surface area (Å²) in [5.41, 5.74) is 0.0374. The highest BCUT2D eigenvalue weighted by Crippen LogP contribution is 2.31. The van der Waals surface area contributed by atoms with Crippen LogP contribution in [0.1, 0.15) is 13.3 Å². The molecular weight excluding hydrogens is 294 g/mol. The first-order valence-electron chi connectivity index (χ1n) is 4.68.